The molecule has 0 aromatic heterocycles. The highest BCUT2D eigenvalue weighted by molar-refractivity contribution is 6.00. The van der Waals surface area contributed by atoms with Crippen molar-refractivity contribution in [2.75, 3.05) is 6.61 Å². The number of carbonyl (C=O) groups excluding carboxylic acids is 2. The van der Waals surface area contributed by atoms with Gasteiger partial charge in [0.05, 0.1) is 13.0 Å². The largest absolute Gasteiger partial charge is 0.394 e. The average Bonchev–Trinajstić information content (AvgIpc) is 2.23. The van der Waals surface area contributed by atoms with E-state index in [0.29, 0.717) is 0 Å². The zero-order chi connectivity index (χ0) is 12.9. The lowest BCUT2D eigenvalue weighted by molar-refractivity contribution is -0.148. The predicted octanol–water partition coefficient (Wildman–Crippen LogP) is -3.03. The van der Waals surface area contributed by atoms with Gasteiger partial charge in [-0.05, 0) is 6.92 Å². The number of aliphatic hydroxyl groups excluding tert-OH is 5. The Bertz CT molecular complexity index is 252. The van der Waals surface area contributed by atoms with E-state index in [0.717, 1.165) is 6.92 Å². The summed E-state index contributed by atoms with van der Waals surface area (Å²) in [6.45, 7) is 0.307. The Kier molecular flexibility index (Phi) is 6.31. The highest BCUT2D eigenvalue weighted by Gasteiger charge is 2.34. The molecule has 7 heteroatoms. The lowest BCUT2D eigenvalue weighted by Crippen LogP contribution is -2.48. The van der Waals surface area contributed by atoms with Crippen molar-refractivity contribution in [2.24, 2.45) is 0 Å². The van der Waals surface area contributed by atoms with Crippen LogP contribution in [-0.4, -0.2) is 68.1 Å². The molecule has 0 heterocycles. The third kappa shape index (κ3) is 4.33. The molecule has 0 aromatic rings. The van der Waals surface area contributed by atoms with Gasteiger partial charge in [0.15, 0.2) is 5.78 Å². The number of hydrogen-bond acceptors (Lipinski definition) is 7. The van der Waals surface area contributed by atoms with E-state index in [9.17, 15) is 24.9 Å². The molecule has 0 aromatic carbocycles. The van der Waals surface area contributed by atoms with Crippen molar-refractivity contribution in [3.8, 4) is 0 Å². The number of hydrogen-bond donors (Lipinski definition) is 5. The Balaban J connectivity index is 4.42. The summed E-state index contributed by atoms with van der Waals surface area (Å²) in [4.78, 5) is 21.7. The minimum atomic E-state index is -1.97. The Morgan fingerprint density at radius 2 is 1.56 bits per heavy atom. The molecule has 0 amide bonds. The molecular weight excluding hydrogens is 220 g/mol. The van der Waals surface area contributed by atoms with E-state index in [-0.39, 0.29) is 0 Å². The second kappa shape index (κ2) is 6.66. The van der Waals surface area contributed by atoms with Crippen LogP contribution < -0.4 is 0 Å². The monoisotopic (exact) mass is 236 g/mol. The van der Waals surface area contributed by atoms with E-state index in [1.165, 1.54) is 0 Å². The maximum absolute atomic E-state index is 11.1. The van der Waals surface area contributed by atoms with E-state index < -0.39 is 49.0 Å². The smallest absolute Gasteiger partial charge is 0.171 e. The van der Waals surface area contributed by atoms with Crippen LogP contribution in [0, 0.1) is 0 Å². The normalized spacial score (nSPS) is 18.6. The van der Waals surface area contributed by atoms with Crippen molar-refractivity contribution in [1.82, 2.24) is 0 Å². The summed E-state index contributed by atoms with van der Waals surface area (Å²) in [6, 6.07) is 0. The molecule has 0 aliphatic rings. The number of rotatable bonds is 7. The van der Waals surface area contributed by atoms with Crippen molar-refractivity contribution in [3.05, 3.63) is 0 Å². The van der Waals surface area contributed by atoms with Crippen molar-refractivity contribution < 1.29 is 35.1 Å². The molecule has 0 fully saturated rings. The van der Waals surface area contributed by atoms with Crippen molar-refractivity contribution in [2.45, 2.75) is 37.8 Å². The first-order valence-electron chi connectivity index (χ1n) is 4.66. The first kappa shape index (κ1) is 15.1. The highest BCUT2D eigenvalue weighted by Crippen LogP contribution is 2.07. The van der Waals surface area contributed by atoms with Gasteiger partial charge in [0.1, 0.15) is 30.2 Å². The van der Waals surface area contributed by atoms with Crippen LogP contribution in [0.4, 0.5) is 0 Å². The van der Waals surface area contributed by atoms with Gasteiger partial charge in [-0.25, -0.2) is 0 Å². The van der Waals surface area contributed by atoms with Crippen molar-refractivity contribution in [3.63, 3.8) is 0 Å². The third-order valence-corrected chi connectivity index (χ3v) is 2.01. The Morgan fingerprint density at radius 1 is 1.06 bits per heavy atom. The van der Waals surface area contributed by atoms with Gasteiger partial charge >= 0.3 is 0 Å². The molecule has 0 unspecified atom stereocenters. The maximum Gasteiger partial charge on any atom is 0.171 e. The number of ketones is 2. The summed E-state index contributed by atoms with van der Waals surface area (Å²) in [5.41, 5.74) is 0. The number of carbonyl (C=O) groups is 2. The van der Waals surface area contributed by atoms with Crippen LogP contribution in [0.3, 0.4) is 0 Å². The summed E-state index contributed by atoms with van der Waals surface area (Å²) in [6.07, 6.45) is -8.03. The van der Waals surface area contributed by atoms with Crippen LogP contribution in [0.25, 0.3) is 0 Å². The molecule has 16 heavy (non-hydrogen) atoms. The third-order valence-electron chi connectivity index (χ3n) is 2.01. The Morgan fingerprint density at radius 3 is 1.94 bits per heavy atom. The maximum atomic E-state index is 11.1. The van der Waals surface area contributed by atoms with Gasteiger partial charge in [-0.2, -0.15) is 0 Å². The van der Waals surface area contributed by atoms with Crippen molar-refractivity contribution >= 4 is 11.6 Å². The van der Waals surface area contributed by atoms with Gasteiger partial charge in [0, 0.05) is 0 Å². The molecule has 94 valence electrons. The topological polar surface area (TPSA) is 135 Å². The van der Waals surface area contributed by atoms with Crippen LogP contribution in [0.2, 0.25) is 0 Å². The van der Waals surface area contributed by atoms with E-state index in [1.54, 1.807) is 0 Å². The number of aliphatic hydroxyl groups is 5. The van der Waals surface area contributed by atoms with Gasteiger partial charge in [0.2, 0.25) is 0 Å². The van der Waals surface area contributed by atoms with Gasteiger partial charge in [-0.1, -0.05) is 0 Å². The lowest BCUT2D eigenvalue weighted by Gasteiger charge is -2.24. The predicted molar refractivity (Wildman–Crippen MR) is 51.4 cm³/mol. The van der Waals surface area contributed by atoms with Crippen molar-refractivity contribution in [1.29, 1.82) is 0 Å². The summed E-state index contributed by atoms with van der Waals surface area (Å²) in [7, 11) is 0. The fourth-order valence-corrected chi connectivity index (χ4v) is 1.06. The minimum absolute atomic E-state index is 0.492. The fourth-order valence-electron chi connectivity index (χ4n) is 1.06. The molecule has 0 aliphatic heterocycles. The Hall–Kier alpha value is -0.860. The lowest BCUT2D eigenvalue weighted by atomic mass is 9.98. The molecular formula is C9H16O7. The second-order valence-corrected chi connectivity index (χ2v) is 3.52. The van der Waals surface area contributed by atoms with Crippen LogP contribution in [0.5, 0.6) is 0 Å². The molecule has 0 saturated carbocycles. The van der Waals surface area contributed by atoms with Gasteiger partial charge in [0.25, 0.3) is 0 Å². The molecule has 0 radical (unpaired) electrons. The molecule has 5 N–H and O–H groups in total. The zero-order valence-electron chi connectivity index (χ0n) is 8.78. The van der Waals surface area contributed by atoms with E-state index >= 15 is 0 Å². The molecule has 0 saturated heterocycles. The molecule has 7 nitrogen and oxygen atoms in total. The zero-order valence-corrected chi connectivity index (χ0v) is 8.78. The fraction of sp³-hybridized carbons (Fsp3) is 0.778. The van der Waals surface area contributed by atoms with Gasteiger partial charge in [-0.3, -0.25) is 9.59 Å². The van der Waals surface area contributed by atoms with Crippen LogP contribution >= 0.6 is 0 Å². The first-order chi connectivity index (χ1) is 7.31. The van der Waals surface area contributed by atoms with E-state index in [4.69, 9.17) is 10.2 Å². The molecule has 0 bridgehead atoms. The van der Waals surface area contributed by atoms with E-state index in [2.05, 4.69) is 0 Å². The van der Waals surface area contributed by atoms with Gasteiger partial charge < -0.3 is 25.5 Å². The molecule has 0 spiro atoms. The van der Waals surface area contributed by atoms with E-state index in [1.807, 2.05) is 0 Å². The van der Waals surface area contributed by atoms with Crippen LogP contribution in [0.1, 0.15) is 13.3 Å². The highest BCUT2D eigenvalue weighted by atomic mass is 16.4. The minimum Gasteiger partial charge on any atom is -0.394 e. The second-order valence-electron chi connectivity index (χ2n) is 3.52. The van der Waals surface area contributed by atoms with Crippen LogP contribution in [-0.2, 0) is 9.59 Å². The number of Topliss-reactive ketones (excluding diaryl/α,β-unsaturated/α-hetero) is 2. The van der Waals surface area contributed by atoms with Crippen LogP contribution in [0.15, 0.2) is 0 Å². The molecule has 0 rings (SSSR count). The van der Waals surface area contributed by atoms with Gasteiger partial charge in [-0.15, -0.1) is 0 Å². The SMILES string of the molecule is CC(=O)CC(=O)[C@H](O)[C@@H](O)[C@H](O)[C@H](O)CO. The standard InChI is InChI=1S/C9H16O7/c1-4(11)2-5(12)7(14)9(16)8(15)6(13)3-10/h6-10,13-16H,2-3H2,1H3/t6-,7+,8-,9-/m1/s1. The first-order valence-corrected chi connectivity index (χ1v) is 4.66. The average molecular weight is 236 g/mol. The Labute approximate surface area is 92.0 Å². The summed E-state index contributed by atoms with van der Waals surface area (Å²) in [5.74, 6) is -1.45. The molecule has 0 aliphatic carbocycles. The molecule has 4 atom stereocenters. The summed E-state index contributed by atoms with van der Waals surface area (Å²) >= 11 is 0. The summed E-state index contributed by atoms with van der Waals surface area (Å²) < 4.78 is 0. The summed E-state index contributed by atoms with van der Waals surface area (Å²) in [5, 5.41) is 45.1. The quantitative estimate of drug-likeness (QED) is 0.297.